The number of nitrogens with one attached hydrogen (secondary N) is 1. The van der Waals surface area contributed by atoms with E-state index in [0.717, 1.165) is 0 Å². The predicted octanol–water partition coefficient (Wildman–Crippen LogP) is -0.0224. The van der Waals surface area contributed by atoms with E-state index in [9.17, 15) is 8.78 Å². The molecule has 0 saturated heterocycles. The van der Waals surface area contributed by atoms with E-state index in [1.807, 2.05) is 0 Å². The van der Waals surface area contributed by atoms with Crippen LogP contribution in [0.1, 0.15) is 6.42 Å². The summed E-state index contributed by atoms with van der Waals surface area (Å²) in [4.78, 5) is 0. The van der Waals surface area contributed by atoms with Crippen molar-refractivity contribution < 1.29 is 14.0 Å². The Morgan fingerprint density at radius 2 is 2.27 bits per heavy atom. The van der Waals surface area contributed by atoms with Crippen LogP contribution in [0, 0.1) is 0 Å². The molecular weight excluding hydrogens is 156 g/mol. The Balaban J connectivity index is 3.15. The summed E-state index contributed by atoms with van der Waals surface area (Å²) in [5.74, 6) is 0.0340. The van der Waals surface area contributed by atoms with E-state index in [0.29, 0.717) is 6.54 Å². The average Bonchev–Trinajstić information content (AvgIpc) is 1.97. The highest BCUT2D eigenvalue weighted by atomic mass is 19.3. The van der Waals surface area contributed by atoms with Crippen molar-refractivity contribution in [3.63, 3.8) is 0 Å². The summed E-state index contributed by atoms with van der Waals surface area (Å²) in [5, 5.41) is 13.1. The van der Waals surface area contributed by atoms with Crippen molar-refractivity contribution in [2.24, 2.45) is 10.9 Å². The molecule has 0 atom stereocenters. The molecule has 0 fully saturated rings. The van der Waals surface area contributed by atoms with E-state index in [1.54, 1.807) is 0 Å². The highest BCUT2D eigenvalue weighted by Gasteiger charge is 2.00. The molecule has 66 valence electrons. The number of rotatable bonds is 5. The zero-order valence-corrected chi connectivity index (χ0v) is 5.93. The Morgan fingerprint density at radius 3 is 2.73 bits per heavy atom. The van der Waals surface area contributed by atoms with Crippen LogP contribution in [0.15, 0.2) is 5.16 Å². The molecule has 4 nitrogen and oxygen atoms in total. The molecule has 0 unspecified atom stereocenters. The van der Waals surface area contributed by atoms with E-state index in [2.05, 4.69) is 10.5 Å². The molecule has 0 aromatic carbocycles. The minimum atomic E-state index is -2.36. The normalized spacial score (nSPS) is 12.5. The highest BCUT2D eigenvalue weighted by Crippen LogP contribution is 1.87. The monoisotopic (exact) mass is 167 g/mol. The van der Waals surface area contributed by atoms with Crippen molar-refractivity contribution in [2.45, 2.75) is 12.8 Å². The molecule has 0 aromatic heterocycles. The van der Waals surface area contributed by atoms with Crippen LogP contribution in [0.5, 0.6) is 0 Å². The minimum Gasteiger partial charge on any atom is -0.409 e. The summed E-state index contributed by atoms with van der Waals surface area (Å²) in [6.45, 7) is -0.0705. The van der Waals surface area contributed by atoms with Gasteiger partial charge in [-0.2, -0.15) is 0 Å². The van der Waals surface area contributed by atoms with Gasteiger partial charge in [-0.1, -0.05) is 5.16 Å². The predicted molar refractivity (Wildman–Crippen MR) is 36.9 cm³/mol. The van der Waals surface area contributed by atoms with Crippen LogP contribution in [-0.2, 0) is 0 Å². The summed E-state index contributed by atoms with van der Waals surface area (Å²) >= 11 is 0. The third-order valence-electron chi connectivity index (χ3n) is 0.985. The van der Waals surface area contributed by atoms with Gasteiger partial charge in [0.15, 0.2) is 0 Å². The van der Waals surface area contributed by atoms with Gasteiger partial charge in [0.2, 0.25) is 0 Å². The van der Waals surface area contributed by atoms with Crippen LogP contribution in [0.3, 0.4) is 0 Å². The zero-order chi connectivity index (χ0) is 8.69. The van der Waals surface area contributed by atoms with Crippen molar-refractivity contribution in [1.82, 2.24) is 5.32 Å². The molecule has 0 amide bonds. The lowest BCUT2D eigenvalue weighted by Crippen LogP contribution is -2.26. The molecule has 0 aliphatic rings. The first-order valence-corrected chi connectivity index (χ1v) is 3.12. The minimum absolute atomic E-state index is 0.0340. The quantitative estimate of drug-likeness (QED) is 0.177. The fourth-order valence-corrected chi connectivity index (χ4v) is 0.478. The summed E-state index contributed by atoms with van der Waals surface area (Å²) in [6.07, 6.45) is -2.09. The van der Waals surface area contributed by atoms with Crippen molar-refractivity contribution in [2.75, 3.05) is 13.1 Å². The molecule has 0 bridgehead atoms. The molecule has 6 heteroatoms. The fourth-order valence-electron chi connectivity index (χ4n) is 0.478. The van der Waals surface area contributed by atoms with Crippen molar-refractivity contribution >= 4 is 5.84 Å². The first kappa shape index (κ1) is 10.1. The molecule has 0 radical (unpaired) electrons. The Hall–Kier alpha value is -0.910. The van der Waals surface area contributed by atoms with Gasteiger partial charge in [-0.25, -0.2) is 8.78 Å². The Kier molecular flexibility index (Phi) is 5.36. The van der Waals surface area contributed by atoms with Gasteiger partial charge in [0.05, 0.1) is 6.54 Å². The molecule has 0 aliphatic carbocycles. The number of hydrogen-bond donors (Lipinski definition) is 3. The van der Waals surface area contributed by atoms with E-state index < -0.39 is 6.43 Å². The van der Waals surface area contributed by atoms with Crippen molar-refractivity contribution in [1.29, 1.82) is 0 Å². The van der Waals surface area contributed by atoms with Gasteiger partial charge in [0, 0.05) is 13.0 Å². The summed E-state index contributed by atoms with van der Waals surface area (Å²) in [7, 11) is 0. The zero-order valence-electron chi connectivity index (χ0n) is 5.93. The van der Waals surface area contributed by atoms with E-state index in [-0.39, 0.29) is 18.8 Å². The summed E-state index contributed by atoms with van der Waals surface area (Å²) in [6, 6.07) is 0. The Morgan fingerprint density at radius 1 is 1.64 bits per heavy atom. The van der Waals surface area contributed by atoms with Crippen LogP contribution in [0.2, 0.25) is 0 Å². The second kappa shape index (κ2) is 5.84. The first-order chi connectivity index (χ1) is 5.16. The number of nitrogens with zero attached hydrogens (tertiary/aromatic N) is 1. The van der Waals surface area contributed by atoms with Crippen LogP contribution in [0.25, 0.3) is 0 Å². The second-order valence-corrected chi connectivity index (χ2v) is 1.94. The summed E-state index contributed by atoms with van der Waals surface area (Å²) < 4.78 is 22.9. The number of nitrogens with two attached hydrogens (primary N) is 1. The maximum Gasteiger partial charge on any atom is 0.250 e. The largest absolute Gasteiger partial charge is 0.409 e. The maximum absolute atomic E-state index is 11.5. The maximum atomic E-state index is 11.5. The number of halogens is 2. The number of oxime groups is 1. The molecule has 11 heavy (non-hydrogen) atoms. The van der Waals surface area contributed by atoms with Crippen molar-refractivity contribution in [3.8, 4) is 0 Å². The lowest BCUT2D eigenvalue weighted by Gasteiger charge is -2.01. The lowest BCUT2D eigenvalue weighted by atomic mass is 10.4. The number of amidine groups is 1. The van der Waals surface area contributed by atoms with Crippen LogP contribution >= 0.6 is 0 Å². The second-order valence-electron chi connectivity index (χ2n) is 1.94. The molecular formula is C5H11F2N3O. The van der Waals surface area contributed by atoms with E-state index >= 15 is 0 Å². The lowest BCUT2D eigenvalue weighted by molar-refractivity contribution is 0.146. The van der Waals surface area contributed by atoms with Gasteiger partial charge in [-0.05, 0) is 0 Å². The third-order valence-corrected chi connectivity index (χ3v) is 0.985. The smallest absolute Gasteiger partial charge is 0.250 e. The molecule has 0 spiro atoms. The molecule has 4 N–H and O–H groups in total. The van der Waals surface area contributed by atoms with Gasteiger partial charge < -0.3 is 16.3 Å². The molecule has 0 rings (SSSR count). The molecule has 0 aromatic rings. The van der Waals surface area contributed by atoms with Gasteiger partial charge in [0.1, 0.15) is 5.84 Å². The first-order valence-electron chi connectivity index (χ1n) is 3.12. The SMILES string of the molecule is NC(CCNCC(F)F)=NO. The Bertz CT molecular complexity index is 129. The molecule has 0 saturated carbocycles. The van der Waals surface area contributed by atoms with Gasteiger partial charge in [0.25, 0.3) is 6.43 Å². The fraction of sp³-hybridized carbons (Fsp3) is 0.800. The number of alkyl halides is 2. The average molecular weight is 167 g/mol. The standard InChI is InChI=1S/C5H11F2N3O/c6-4(7)3-9-2-1-5(8)10-11/h4,9,11H,1-3H2,(H2,8,10). The van der Waals surface area contributed by atoms with E-state index in [1.165, 1.54) is 0 Å². The van der Waals surface area contributed by atoms with E-state index in [4.69, 9.17) is 10.9 Å². The molecule has 0 heterocycles. The third kappa shape index (κ3) is 6.98. The topological polar surface area (TPSA) is 70.6 Å². The highest BCUT2D eigenvalue weighted by molar-refractivity contribution is 5.79. The van der Waals surface area contributed by atoms with Crippen LogP contribution < -0.4 is 11.1 Å². The van der Waals surface area contributed by atoms with Gasteiger partial charge in [-0.15, -0.1) is 0 Å². The number of hydrogen-bond acceptors (Lipinski definition) is 3. The van der Waals surface area contributed by atoms with Crippen LogP contribution in [-0.4, -0.2) is 30.6 Å². The van der Waals surface area contributed by atoms with Gasteiger partial charge >= 0.3 is 0 Å². The van der Waals surface area contributed by atoms with Crippen molar-refractivity contribution in [3.05, 3.63) is 0 Å². The molecule has 0 aliphatic heterocycles. The van der Waals surface area contributed by atoms with Gasteiger partial charge in [-0.3, -0.25) is 0 Å². The Labute approximate surface area is 63.1 Å². The summed E-state index contributed by atoms with van der Waals surface area (Å²) in [5.41, 5.74) is 5.06. The van der Waals surface area contributed by atoms with Crippen LogP contribution in [0.4, 0.5) is 8.78 Å².